The molecule has 144 valence electrons. The fraction of sp³-hybridized carbons (Fsp3) is 0.200. The lowest BCUT2D eigenvalue weighted by atomic mass is 10.1. The molecule has 1 heterocycles. The van der Waals surface area contributed by atoms with Gasteiger partial charge < -0.3 is 10.1 Å². The van der Waals surface area contributed by atoms with Crippen LogP contribution in [0.15, 0.2) is 53.0 Å². The number of ether oxygens (including phenoxy) is 1. The van der Waals surface area contributed by atoms with E-state index >= 15 is 0 Å². The fourth-order valence-corrected chi connectivity index (χ4v) is 3.16. The third-order valence-electron chi connectivity index (χ3n) is 4.35. The second-order valence-electron chi connectivity index (χ2n) is 6.15. The highest BCUT2D eigenvalue weighted by Gasteiger charge is 2.30. The summed E-state index contributed by atoms with van der Waals surface area (Å²) in [5, 5.41) is 2.65. The van der Waals surface area contributed by atoms with E-state index in [1.54, 1.807) is 24.3 Å². The minimum Gasteiger partial charge on any atom is -0.467 e. The van der Waals surface area contributed by atoms with Crippen molar-refractivity contribution >= 4 is 45.3 Å². The zero-order valence-corrected chi connectivity index (χ0v) is 16.6. The molecular formula is C20H17BrN2O5. The number of hydrogen-bond donors (Lipinski definition) is 1. The summed E-state index contributed by atoms with van der Waals surface area (Å²) in [5.74, 6) is -1.60. The molecule has 1 aliphatic rings. The van der Waals surface area contributed by atoms with Crippen molar-refractivity contribution in [2.75, 3.05) is 12.0 Å². The molecule has 2 aromatic carbocycles. The minimum absolute atomic E-state index is 0.190. The van der Waals surface area contributed by atoms with Crippen molar-refractivity contribution in [2.45, 2.75) is 18.9 Å². The molecule has 1 aliphatic heterocycles. The Balaban J connectivity index is 1.78. The molecule has 28 heavy (non-hydrogen) atoms. The van der Waals surface area contributed by atoms with Crippen LogP contribution in [0.4, 0.5) is 5.69 Å². The highest BCUT2D eigenvalue weighted by molar-refractivity contribution is 9.10. The van der Waals surface area contributed by atoms with E-state index in [0.29, 0.717) is 11.3 Å². The first-order valence-corrected chi connectivity index (χ1v) is 9.30. The van der Waals surface area contributed by atoms with E-state index in [4.69, 9.17) is 4.74 Å². The molecule has 1 atom stereocenters. The van der Waals surface area contributed by atoms with Crippen LogP contribution in [0, 0.1) is 0 Å². The number of benzene rings is 2. The molecule has 0 aliphatic carbocycles. The van der Waals surface area contributed by atoms with E-state index in [0.717, 1.165) is 9.37 Å². The molecule has 0 aromatic heterocycles. The maximum atomic E-state index is 12.6. The topological polar surface area (TPSA) is 92.8 Å². The lowest BCUT2D eigenvalue weighted by Gasteiger charge is -2.18. The van der Waals surface area contributed by atoms with E-state index in [1.165, 1.54) is 31.4 Å². The first kappa shape index (κ1) is 19.8. The van der Waals surface area contributed by atoms with Crippen molar-refractivity contribution in [1.82, 2.24) is 5.32 Å². The van der Waals surface area contributed by atoms with Crippen LogP contribution in [0.1, 0.15) is 34.8 Å². The summed E-state index contributed by atoms with van der Waals surface area (Å²) >= 11 is 3.32. The molecule has 1 unspecified atom stereocenters. The Morgan fingerprint density at radius 2 is 1.57 bits per heavy atom. The molecule has 1 N–H and O–H groups in total. The van der Waals surface area contributed by atoms with Crippen molar-refractivity contribution in [3.8, 4) is 0 Å². The Morgan fingerprint density at radius 3 is 2.11 bits per heavy atom. The van der Waals surface area contributed by atoms with Crippen LogP contribution >= 0.6 is 15.9 Å². The number of nitrogens with zero attached hydrogens (tertiary/aromatic N) is 1. The zero-order chi connectivity index (χ0) is 20.3. The Kier molecular flexibility index (Phi) is 5.89. The van der Waals surface area contributed by atoms with Crippen LogP contribution in [0.5, 0.6) is 0 Å². The number of carbonyl (C=O) groups is 4. The van der Waals surface area contributed by atoms with Crippen LogP contribution in [-0.2, 0) is 19.1 Å². The number of carbonyl (C=O) groups excluding carboxylic acids is 4. The van der Waals surface area contributed by atoms with Gasteiger partial charge in [-0.05, 0) is 42.0 Å². The normalized spacial score (nSPS) is 14.7. The molecule has 8 heteroatoms. The Hall–Kier alpha value is -3.00. The lowest BCUT2D eigenvalue weighted by molar-refractivity contribution is -0.143. The Morgan fingerprint density at radius 1 is 1.00 bits per heavy atom. The zero-order valence-electron chi connectivity index (χ0n) is 15.0. The molecule has 3 rings (SSSR count). The average Bonchev–Trinajstić information content (AvgIpc) is 3.04. The summed E-state index contributed by atoms with van der Waals surface area (Å²) < 4.78 is 5.64. The molecule has 0 spiro atoms. The Bertz CT molecular complexity index is 909. The fourth-order valence-electron chi connectivity index (χ4n) is 2.89. The highest BCUT2D eigenvalue weighted by atomic mass is 79.9. The van der Waals surface area contributed by atoms with Gasteiger partial charge in [0.15, 0.2) is 6.04 Å². The number of halogens is 1. The van der Waals surface area contributed by atoms with E-state index in [1.807, 2.05) is 0 Å². The minimum atomic E-state index is -0.966. The van der Waals surface area contributed by atoms with Gasteiger partial charge in [-0.15, -0.1) is 0 Å². The number of hydrogen-bond acceptors (Lipinski definition) is 5. The van der Waals surface area contributed by atoms with E-state index in [-0.39, 0.29) is 30.2 Å². The summed E-state index contributed by atoms with van der Waals surface area (Å²) in [5.41, 5.74) is 1.28. The number of imide groups is 1. The van der Waals surface area contributed by atoms with Crippen LogP contribution in [-0.4, -0.2) is 30.8 Å². The maximum Gasteiger partial charge on any atom is 0.333 e. The van der Waals surface area contributed by atoms with Gasteiger partial charge in [-0.25, -0.2) is 4.79 Å². The van der Waals surface area contributed by atoms with Gasteiger partial charge >= 0.3 is 5.97 Å². The second kappa shape index (κ2) is 8.35. The van der Waals surface area contributed by atoms with Crippen molar-refractivity contribution in [3.63, 3.8) is 0 Å². The number of nitrogens with one attached hydrogen (secondary N) is 1. The first-order valence-electron chi connectivity index (χ1n) is 8.50. The molecule has 0 saturated carbocycles. The first-order chi connectivity index (χ1) is 13.4. The largest absolute Gasteiger partial charge is 0.467 e. The third-order valence-corrected chi connectivity index (χ3v) is 4.88. The average molecular weight is 445 g/mol. The molecule has 0 bridgehead atoms. The van der Waals surface area contributed by atoms with Crippen LogP contribution < -0.4 is 10.2 Å². The molecule has 3 amide bonds. The van der Waals surface area contributed by atoms with Crippen LogP contribution in [0.25, 0.3) is 0 Å². The number of rotatable bonds is 5. The summed E-state index contributed by atoms with van der Waals surface area (Å²) in [6.45, 7) is 0. The summed E-state index contributed by atoms with van der Waals surface area (Å²) in [6, 6.07) is 12.0. The molecule has 1 fully saturated rings. The van der Waals surface area contributed by atoms with Gasteiger partial charge in [0.05, 0.1) is 12.8 Å². The van der Waals surface area contributed by atoms with Gasteiger partial charge in [0, 0.05) is 22.9 Å². The van der Waals surface area contributed by atoms with Crippen molar-refractivity contribution < 1.29 is 23.9 Å². The summed E-state index contributed by atoms with van der Waals surface area (Å²) in [4.78, 5) is 49.5. The highest BCUT2D eigenvalue weighted by Crippen LogP contribution is 2.23. The Labute approximate surface area is 169 Å². The smallest absolute Gasteiger partial charge is 0.333 e. The van der Waals surface area contributed by atoms with Crippen molar-refractivity contribution in [2.24, 2.45) is 0 Å². The van der Waals surface area contributed by atoms with E-state index < -0.39 is 17.9 Å². The number of esters is 1. The van der Waals surface area contributed by atoms with E-state index in [2.05, 4.69) is 21.2 Å². The predicted molar refractivity (Wildman–Crippen MR) is 105 cm³/mol. The summed E-state index contributed by atoms with van der Waals surface area (Å²) in [7, 11) is 1.25. The maximum absolute atomic E-state index is 12.6. The van der Waals surface area contributed by atoms with Gasteiger partial charge in [0.1, 0.15) is 0 Å². The van der Waals surface area contributed by atoms with Crippen LogP contribution in [0.3, 0.4) is 0 Å². The number of methoxy groups -OCH3 is 1. The van der Waals surface area contributed by atoms with E-state index in [9.17, 15) is 19.2 Å². The molecule has 7 nitrogen and oxygen atoms in total. The predicted octanol–water partition coefficient (Wildman–Crippen LogP) is 2.75. The van der Waals surface area contributed by atoms with Crippen LogP contribution in [0.2, 0.25) is 0 Å². The molecule has 0 radical (unpaired) electrons. The number of amides is 3. The van der Waals surface area contributed by atoms with Gasteiger partial charge in [0.2, 0.25) is 11.8 Å². The van der Waals surface area contributed by atoms with Gasteiger partial charge in [0.25, 0.3) is 5.91 Å². The molecule has 1 saturated heterocycles. The molecule has 2 aromatic rings. The quantitative estimate of drug-likeness (QED) is 0.565. The standard InChI is InChI=1S/C20H17BrN2O5/c1-28-20(27)18(12-2-6-14(21)7-3-12)22-19(26)13-4-8-15(9-5-13)23-16(24)10-11-17(23)25/h2-9,18H,10-11H2,1H3,(H,22,26). The van der Waals surface area contributed by atoms with Gasteiger partial charge in [-0.3, -0.25) is 19.3 Å². The van der Waals surface area contributed by atoms with Crippen molar-refractivity contribution in [1.29, 1.82) is 0 Å². The molecular weight excluding hydrogens is 428 g/mol. The van der Waals surface area contributed by atoms with Crippen molar-refractivity contribution in [3.05, 3.63) is 64.1 Å². The second-order valence-corrected chi connectivity index (χ2v) is 7.07. The third kappa shape index (κ3) is 4.12. The lowest BCUT2D eigenvalue weighted by Crippen LogP contribution is -2.34. The summed E-state index contributed by atoms with van der Waals surface area (Å²) in [6.07, 6.45) is 0.379. The van der Waals surface area contributed by atoms with Gasteiger partial charge in [-0.1, -0.05) is 28.1 Å². The van der Waals surface area contributed by atoms with Gasteiger partial charge in [-0.2, -0.15) is 0 Å². The monoisotopic (exact) mass is 444 g/mol. The SMILES string of the molecule is COC(=O)C(NC(=O)c1ccc(N2C(=O)CCC2=O)cc1)c1ccc(Br)cc1. The number of anilines is 1.